The van der Waals surface area contributed by atoms with Gasteiger partial charge in [-0.3, -0.25) is 0 Å². The van der Waals surface area contributed by atoms with E-state index in [9.17, 15) is 8.42 Å². The number of benzene rings is 1. The van der Waals surface area contributed by atoms with Crippen LogP contribution in [0.4, 0.5) is 0 Å². The van der Waals surface area contributed by atoms with Crippen LogP contribution in [0.3, 0.4) is 0 Å². The second kappa shape index (κ2) is 3.32. The Morgan fingerprint density at radius 3 is 2.73 bits per heavy atom. The van der Waals surface area contributed by atoms with Gasteiger partial charge in [0.2, 0.25) is 0 Å². The van der Waals surface area contributed by atoms with Crippen LogP contribution in [0.2, 0.25) is 0 Å². The Labute approximate surface area is 90.2 Å². The van der Waals surface area contributed by atoms with E-state index in [-0.39, 0.29) is 17.7 Å². The van der Waals surface area contributed by atoms with Crippen molar-refractivity contribution in [1.29, 1.82) is 0 Å². The first-order chi connectivity index (χ1) is 6.92. The van der Waals surface area contributed by atoms with Crippen LogP contribution >= 0.6 is 0 Å². The highest BCUT2D eigenvalue weighted by Gasteiger charge is 2.36. The molecular formula is C11H15NO2S. The fourth-order valence-corrected chi connectivity index (χ4v) is 4.07. The number of rotatable bonds is 1. The molecule has 2 atom stereocenters. The number of hydrogen-bond donors (Lipinski definition) is 1. The van der Waals surface area contributed by atoms with Gasteiger partial charge in [0.25, 0.3) is 0 Å². The molecule has 0 radical (unpaired) electrons. The molecule has 0 saturated carbocycles. The van der Waals surface area contributed by atoms with Gasteiger partial charge in [0.15, 0.2) is 9.84 Å². The van der Waals surface area contributed by atoms with Crippen LogP contribution in [0.15, 0.2) is 23.1 Å². The zero-order valence-corrected chi connectivity index (χ0v) is 9.71. The van der Waals surface area contributed by atoms with Crippen molar-refractivity contribution in [3.05, 3.63) is 29.3 Å². The molecule has 0 spiro atoms. The zero-order valence-electron chi connectivity index (χ0n) is 8.90. The van der Waals surface area contributed by atoms with Crippen LogP contribution in [-0.2, 0) is 9.84 Å². The highest BCUT2D eigenvalue weighted by atomic mass is 32.2. The summed E-state index contributed by atoms with van der Waals surface area (Å²) in [5.41, 5.74) is 7.79. The molecule has 0 bridgehead atoms. The number of aryl methyl sites for hydroxylation is 1. The van der Waals surface area contributed by atoms with Gasteiger partial charge in [0.05, 0.1) is 10.6 Å². The van der Waals surface area contributed by atoms with Crippen molar-refractivity contribution in [2.45, 2.75) is 30.7 Å². The van der Waals surface area contributed by atoms with E-state index in [4.69, 9.17) is 5.73 Å². The van der Waals surface area contributed by atoms with Gasteiger partial charge in [-0.25, -0.2) is 8.42 Å². The molecule has 1 aliphatic heterocycles. The quantitative estimate of drug-likeness (QED) is 0.781. The Morgan fingerprint density at radius 2 is 2.13 bits per heavy atom. The lowest BCUT2D eigenvalue weighted by Crippen LogP contribution is -2.25. The van der Waals surface area contributed by atoms with Crippen molar-refractivity contribution < 1.29 is 8.42 Å². The number of sulfone groups is 1. The van der Waals surface area contributed by atoms with E-state index in [2.05, 4.69) is 0 Å². The maximum absolute atomic E-state index is 11.8. The van der Waals surface area contributed by atoms with Gasteiger partial charge in [0.1, 0.15) is 0 Å². The summed E-state index contributed by atoms with van der Waals surface area (Å²) in [6.45, 7) is 3.82. The van der Waals surface area contributed by atoms with E-state index in [1.54, 1.807) is 6.07 Å². The minimum absolute atomic E-state index is 0.0510. The summed E-state index contributed by atoms with van der Waals surface area (Å²) in [7, 11) is -3.10. The molecule has 0 amide bonds. The van der Waals surface area contributed by atoms with Gasteiger partial charge in [0, 0.05) is 12.0 Å². The Bertz CT molecular complexity index is 491. The average molecular weight is 225 g/mol. The van der Waals surface area contributed by atoms with Gasteiger partial charge in [-0.15, -0.1) is 0 Å². The molecule has 0 saturated heterocycles. The summed E-state index contributed by atoms with van der Waals surface area (Å²) in [6, 6.07) is 5.35. The summed E-state index contributed by atoms with van der Waals surface area (Å²) < 4.78 is 23.6. The van der Waals surface area contributed by atoms with Gasteiger partial charge < -0.3 is 5.73 Å². The predicted octanol–water partition coefficient (Wildman–Crippen LogP) is 1.21. The van der Waals surface area contributed by atoms with Crippen LogP contribution < -0.4 is 5.73 Å². The molecule has 1 aliphatic rings. The molecule has 1 aromatic rings. The third-order valence-corrected chi connectivity index (χ3v) is 4.77. The summed E-state index contributed by atoms with van der Waals surface area (Å²) >= 11 is 0. The van der Waals surface area contributed by atoms with Crippen molar-refractivity contribution in [3.63, 3.8) is 0 Å². The minimum atomic E-state index is -3.10. The first kappa shape index (κ1) is 10.6. The van der Waals surface area contributed by atoms with Crippen LogP contribution in [-0.4, -0.2) is 20.2 Å². The lowest BCUT2D eigenvalue weighted by atomic mass is 9.94. The Kier molecular flexibility index (Phi) is 2.35. The number of nitrogens with two attached hydrogens (primary N) is 1. The molecule has 0 aliphatic carbocycles. The van der Waals surface area contributed by atoms with Gasteiger partial charge in [-0.2, -0.15) is 0 Å². The van der Waals surface area contributed by atoms with E-state index in [0.717, 1.165) is 11.1 Å². The standard InChI is InChI=1S/C11H15NO2S/c1-7-3-4-11-9(5-7)10(8(2)12)6-15(11,13)14/h3-5,8,10H,6,12H2,1-2H3. The molecule has 82 valence electrons. The van der Waals surface area contributed by atoms with Crippen molar-refractivity contribution >= 4 is 9.84 Å². The van der Waals surface area contributed by atoms with Crippen molar-refractivity contribution in [2.75, 3.05) is 5.75 Å². The number of hydrogen-bond acceptors (Lipinski definition) is 3. The van der Waals surface area contributed by atoms with Crippen LogP contribution in [0.5, 0.6) is 0 Å². The van der Waals surface area contributed by atoms with Gasteiger partial charge in [-0.05, 0) is 25.5 Å². The highest BCUT2D eigenvalue weighted by Crippen LogP contribution is 2.36. The number of fused-ring (bicyclic) bond motifs is 1. The smallest absolute Gasteiger partial charge is 0.179 e. The third kappa shape index (κ3) is 1.68. The average Bonchev–Trinajstić information content (AvgIpc) is 2.38. The van der Waals surface area contributed by atoms with Crippen LogP contribution in [0.1, 0.15) is 24.0 Å². The van der Waals surface area contributed by atoms with Crippen LogP contribution in [0, 0.1) is 6.92 Å². The van der Waals surface area contributed by atoms with E-state index in [1.807, 2.05) is 26.0 Å². The largest absolute Gasteiger partial charge is 0.327 e. The predicted molar refractivity (Wildman–Crippen MR) is 59.6 cm³/mol. The molecule has 1 aromatic carbocycles. The van der Waals surface area contributed by atoms with Crippen LogP contribution in [0.25, 0.3) is 0 Å². The second-order valence-electron chi connectivity index (χ2n) is 4.29. The lowest BCUT2D eigenvalue weighted by Gasteiger charge is -2.14. The van der Waals surface area contributed by atoms with E-state index in [0.29, 0.717) is 4.90 Å². The highest BCUT2D eigenvalue weighted by molar-refractivity contribution is 7.91. The zero-order chi connectivity index (χ0) is 11.2. The third-order valence-electron chi connectivity index (χ3n) is 2.93. The molecule has 4 heteroatoms. The Hall–Kier alpha value is -0.870. The summed E-state index contributed by atoms with van der Waals surface area (Å²) in [5, 5.41) is 0. The minimum Gasteiger partial charge on any atom is -0.327 e. The summed E-state index contributed by atoms with van der Waals surface area (Å²) in [5.74, 6) is 0.105. The molecule has 3 nitrogen and oxygen atoms in total. The molecule has 2 N–H and O–H groups in total. The second-order valence-corrected chi connectivity index (χ2v) is 6.29. The Balaban J connectivity index is 2.64. The monoisotopic (exact) mass is 225 g/mol. The molecular weight excluding hydrogens is 210 g/mol. The van der Waals surface area contributed by atoms with Gasteiger partial charge >= 0.3 is 0 Å². The summed E-state index contributed by atoms with van der Waals surface area (Å²) in [6.07, 6.45) is 0. The molecule has 0 fully saturated rings. The molecule has 0 aromatic heterocycles. The molecule has 2 rings (SSSR count). The van der Waals surface area contributed by atoms with E-state index < -0.39 is 9.84 Å². The first-order valence-corrected chi connectivity index (χ1v) is 6.66. The van der Waals surface area contributed by atoms with E-state index >= 15 is 0 Å². The summed E-state index contributed by atoms with van der Waals surface area (Å²) in [4.78, 5) is 0.468. The first-order valence-electron chi connectivity index (χ1n) is 5.01. The van der Waals surface area contributed by atoms with E-state index in [1.165, 1.54) is 0 Å². The lowest BCUT2D eigenvalue weighted by molar-refractivity contribution is 0.584. The van der Waals surface area contributed by atoms with Gasteiger partial charge in [-0.1, -0.05) is 17.7 Å². The fourth-order valence-electron chi connectivity index (χ4n) is 2.09. The Morgan fingerprint density at radius 1 is 1.47 bits per heavy atom. The SMILES string of the molecule is Cc1ccc2c(c1)C(C(C)N)CS2(=O)=O. The topological polar surface area (TPSA) is 60.2 Å². The van der Waals surface area contributed by atoms with Crippen molar-refractivity contribution in [1.82, 2.24) is 0 Å². The molecule has 1 heterocycles. The van der Waals surface area contributed by atoms with Crippen molar-refractivity contribution in [2.24, 2.45) is 5.73 Å². The maximum atomic E-state index is 11.8. The normalized spacial score (nSPS) is 24.9. The molecule has 15 heavy (non-hydrogen) atoms. The molecule has 2 unspecified atom stereocenters. The fraction of sp³-hybridized carbons (Fsp3) is 0.455. The maximum Gasteiger partial charge on any atom is 0.179 e. The van der Waals surface area contributed by atoms with Crippen molar-refractivity contribution in [3.8, 4) is 0 Å².